The monoisotopic (exact) mass is 290 g/mol. The van der Waals surface area contributed by atoms with Gasteiger partial charge in [-0.1, -0.05) is 56.6 Å². The van der Waals surface area contributed by atoms with Crippen LogP contribution < -0.4 is 0 Å². The number of benzene rings is 2. The average molecular weight is 291 g/mol. The summed E-state index contributed by atoms with van der Waals surface area (Å²) in [6.45, 7) is 6.29. The largest absolute Gasteiger partial charge is 0.288 e. The predicted octanol–water partition coefficient (Wildman–Crippen LogP) is 5.01. The molecule has 0 aliphatic carbocycles. The molecular weight excluding hydrogens is 275 g/mol. The maximum absolute atomic E-state index is 13.7. The number of rotatable bonds is 2. The first-order valence-electron chi connectivity index (χ1n) is 6.39. The number of hydrogen-bond acceptors (Lipinski definition) is 1. The fraction of sp³-hybridized carbons (Fsp3) is 0.235. The Balaban J connectivity index is 2.37. The van der Waals surface area contributed by atoms with E-state index in [2.05, 4.69) is 20.8 Å². The quantitative estimate of drug-likeness (QED) is 0.711. The van der Waals surface area contributed by atoms with Gasteiger partial charge in [0.05, 0.1) is 5.56 Å². The minimum atomic E-state index is -0.556. The Morgan fingerprint density at radius 3 is 2.20 bits per heavy atom. The van der Waals surface area contributed by atoms with Crippen LogP contribution in [0.4, 0.5) is 4.39 Å². The zero-order valence-corrected chi connectivity index (χ0v) is 12.5. The van der Waals surface area contributed by atoms with E-state index >= 15 is 0 Å². The molecular formula is C17H16ClFO. The third-order valence-electron chi connectivity index (χ3n) is 3.19. The highest BCUT2D eigenvalue weighted by Crippen LogP contribution is 2.24. The van der Waals surface area contributed by atoms with Crippen LogP contribution in [0.2, 0.25) is 5.02 Å². The molecule has 0 aliphatic rings. The van der Waals surface area contributed by atoms with E-state index in [-0.39, 0.29) is 16.8 Å². The van der Waals surface area contributed by atoms with Crippen molar-refractivity contribution in [3.05, 3.63) is 70.0 Å². The van der Waals surface area contributed by atoms with Crippen LogP contribution in [0.25, 0.3) is 0 Å². The summed E-state index contributed by atoms with van der Waals surface area (Å²) >= 11 is 5.81. The number of carbonyl (C=O) groups excluding carboxylic acids is 1. The summed E-state index contributed by atoms with van der Waals surface area (Å²) < 4.78 is 13.7. The molecule has 0 aliphatic heterocycles. The molecule has 0 amide bonds. The molecule has 0 radical (unpaired) electrons. The SMILES string of the molecule is CC(C)(C)c1ccc(C(=O)c2cc(Cl)ccc2F)cc1. The number of hydrogen-bond donors (Lipinski definition) is 0. The fourth-order valence-corrected chi connectivity index (χ4v) is 2.12. The summed E-state index contributed by atoms with van der Waals surface area (Å²) in [5.74, 6) is -0.912. The van der Waals surface area contributed by atoms with E-state index < -0.39 is 5.82 Å². The zero-order valence-electron chi connectivity index (χ0n) is 11.7. The third kappa shape index (κ3) is 3.07. The first kappa shape index (κ1) is 14.7. The second-order valence-electron chi connectivity index (χ2n) is 5.78. The smallest absolute Gasteiger partial charge is 0.196 e. The highest BCUT2D eigenvalue weighted by Gasteiger charge is 2.17. The Morgan fingerprint density at radius 1 is 1.05 bits per heavy atom. The number of ketones is 1. The first-order chi connectivity index (χ1) is 9.29. The molecule has 0 aromatic heterocycles. The summed E-state index contributed by atoms with van der Waals surface area (Å²) in [5.41, 5.74) is 1.60. The molecule has 104 valence electrons. The highest BCUT2D eigenvalue weighted by atomic mass is 35.5. The van der Waals surface area contributed by atoms with Gasteiger partial charge in [0.1, 0.15) is 5.82 Å². The maximum atomic E-state index is 13.7. The van der Waals surface area contributed by atoms with Gasteiger partial charge in [-0.3, -0.25) is 4.79 Å². The lowest BCUT2D eigenvalue weighted by molar-refractivity contribution is 0.103. The van der Waals surface area contributed by atoms with Crippen LogP contribution in [0, 0.1) is 5.82 Å². The maximum Gasteiger partial charge on any atom is 0.196 e. The molecule has 20 heavy (non-hydrogen) atoms. The Morgan fingerprint density at radius 2 is 1.65 bits per heavy atom. The Bertz CT molecular complexity index is 639. The van der Waals surface area contributed by atoms with Crippen LogP contribution in [0.1, 0.15) is 42.3 Å². The van der Waals surface area contributed by atoms with E-state index in [9.17, 15) is 9.18 Å². The van der Waals surface area contributed by atoms with Crippen molar-refractivity contribution < 1.29 is 9.18 Å². The highest BCUT2D eigenvalue weighted by molar-refractivity contribution is 6.31. The summed E-state index contributed by atoms with van der Waals surface area (Å²) in [6.07, 6.45) is 0. The van der Waals surface area contributed by atoms with Gasteiger partial charge in [0.25, 0.3) is 0 Å². The Kier molecular flexibility index (Phi) is 3.96. The summed E-state index contributed by atoms with van der Waals surface area (Å²) in [4.78, 5) is 12.3. The van der Waals surface area contributed by atoms with E-state index in [1.165, 1.54) is 18.2 Å². The van der Waals surface area contributed by atoms with Crippen LogP contribution >= 0.6 is 11.6 Å². The van der Waals surface area contributed by atoms with Crippen molar-refractivity contribution in [3.63, 3.8) is 0 Å². The molecule has 3 heteroatoms. The molecule has 2 aromatic carbocycles. The predicted molar refractivity (Wildman–Crippen MR) is 80.0 cm³/mol. The molecule has 0 saturated carbocycles. The number of halogens is 2. The van der Waals surface area contributed by atoms with Crippen LogP contribution in [0.5, 0.6) is 0 Å². The number of carbonyl (C=O) groups is 1. The second kappa shape index (κ2) is 5.37. The van der Waals surface area contributed by atoms with Gasteiger partial charge in [0.15, 0.2) is 5.78 Å². The topological polar surface area (TPSA) is 17.1 Å². The summed E-state index contributed by atoms with van der Waals surface area (Å²) in [6, 6.07) is 11.2. The molecule has 2 aromatic rings. The lowest BCUT2D eigenvalue weighted by atomic mass is 9.86. The molecule has 0 unspecified atom stereocenters. The van der Waals surface area contributed by atoms with E-state index in [4.69, 9.17) is 11.6 Å². The second-order valence-corrected chi connectivity index (χ2v) is 6.22. The Hall–Kier alpha value is -1.67. The van der Waals surface area contributed by atoms with Gasteiger partial charge in [0.2, 0.25) is 0 Å². The van der Waals surface area contributed by atoms with Crippen molar-refractivity contribution in [1.82, 2.24) is 0 Å². The van der Waals surface area contributed by atoms with Crippen LogP contribution in [0.3, 0.4) is 0 Å². The van der Waals surface area contributed by atoms with Crippen molar-refractivity contribution in [2.45, 2.75) is 26.2 Å². The summed E-state index contributed by atoms with van der Waals surface area (Å²) in [7, 11) is 0. The molecule has 0 heterocycles. The first-order valence-corrected chi connectivity index (χ1v) is 6.77. The molecule has 0 atom stereocenters. The third-order valence-corrected chi connectivity index (χ3v) is 3.42. The zero-order chi connectivity index (χ0) is 14.9. The van der Waals surface area contributed by atoms with Crippen LogP contribution in [-0.4, -0.2) is 5.78 Å². The minimum Gasteiger partial charge on any atom is -0.288 e. The van der Waals surface area contributed by atoms with E-state index in [1.54, 1.807) is 12.1 Å². The van der Waals surface area contributed by atoms with Gasteiger partial charge in [0, 0.05) is 10.6 Å². The molecule has 0 N–H and O–H groups in total. The molecule has 0 spiro atoms. The van der Waals surface area contributed by atoms with Crippen molar-refractivity contribution in [2.75, 3.05) is 0 Å². The van der Waals surface area contributed by atoms with Gasteiger partial charge in [-0.15, -0.1) is 0 Å². The Labute approximate surface area is 123 Å². The molecule has 2 rings (SSSR count). The van der Waals surface area contributed by atoms with Crippen molar-refractivity contribution in [1.29, 1.82) is 0 Å². The molecule has 0 fully saturated rings. The van der Waals surface area contributed by atoms with Crippen molar-refractivity contribution in [2.24, 2.45) is 0 Å². The van der Waals surface area contributed by atoms with Gasteiger partial charge in [-0.25, -0.2) is 4.39 Å². The molecule has 1 nitrogen and oxygen atoms in total. The van der Waals surface area contributed by atoms with Crippen molar-refractivity contribution in [3.8, 4) is 0 Å². The van der Waals surface area contributed by atoms with Gasteiger partial charge in [-0.2, -0.15) is 0 Å². The fourth-order valence-electron chi connectivity index (χ4n) is 1.95. The molecule has 0 saturated heterocycles. The minimum absolute atomic E-state index is 0.000934. The lowest BCUT2D eigenvalue weighted by Gasteiger charge is -2.19. The molecule has 0 bridgehead atoms. The van der Waals surface area contributed by atoms with Crippen LogP contribution in [0.15, 0.2) is 42.5 Å². The van der Waals surface area contributed by atoms with Gasteiger partial charge in [-0.05, 0) is 29.2 Å². The van der Waals surface area contributed by atoms with E-state index in [0.29, 0.717) is 10.6 Å². The summed E-state index contributed by atoms with van der Waals surface area (Å²) in [5, 5.41) is 0.348. The standard InChI is InChI=1S/C17H16ClFO/c1-17(2,3)12-6-4-11(5-7-12)16(20)14-10-13(18)8-9-15(14)19/h4-10H,1-3H3. The van der Waals surface area contributed by atoms with E-state index in [0.717, 1.165) is 5.56 Å². The van der Waals surface area contributed by atoms with E-state index in [1.807, 2.05) is 12.1 Å². The lowest BCUT2D eigenvalue weighted by Crippen LogP contribution is -2.11. The van der Waals surface area contributed by atoms with Crippen molar-refractivity contribution >= 4 is 17.4 Å². The van der Waals surface area contributed by atoms with Crippen LogP contribution in [-0.2, 0) is 5.41 Å². The van der Waals surface area contributed by atoms with Gasteiger partial charge >= 0.3 is 0 Å². The van der Waals surface area contributed by atoms with Gasteiger partial charge < -0.3 is 0 Å². The average Bonchev–Trinajstić information content (AvgIpc) is 2.40. The normalized spacial score (nSPS) is 11.4.